The Morgan fingerprint density at radius 2 is 1.57 bits per heavy atom. The number of benzene rings is 1. The van der Waals surface area contributed by atoms with Crippen LogP contribution in [-0.4, -0.2) is 12.6 Å². The zero-order valence-electron chi connectivity index (χ0n) is 14.7. The van der Waals surface area contributed by atoms with E-state index in [0.29, 0.717) is 12.0 Å². The molecule has 0 fully saturated rings. The monoisotopic (exact) mass is 287 g/mol. The molecule has 0 saturated heterocycles. The van der Waals surface area contributed by atoms with E-state index in [0.717, 1.165) is 13.0 Å². The maximum Gasteiger partial charge on any atom is 0.0135 e. The van der Waals surface area contributed by atoms with Crippen molar-refractivity contribution in [3.63, 3.8) is 0 Å². The third-order valence-electron chi connectivity index (χ3n) is 4.27. The quantitative estimate of drug-likeness (QED) is 0.691. The molecule has 2 unspecified atom stereocenters. The van der Waals surface area contributed by atoms with Crippen LogP contribution in [0.4, 0.5) is 0 Å². The molecule has 0 amide bonds. The normalized spacial score (nSPS) is 15.5. The molecular weight excluding hydrogens is 254 g/mol. The highest BCUT2D eigenvalue weighted by Crippen LogP contribution is 2.41. The van der Waals surface area contributed by atoms with Crippen molar-refractivity contribution < 1.29 is 0 Å². The van der Waals surface area contributed by atoms with E-state index in [-0.39, 0.29) is 10.8 Å². The summed E-state index contributed by atoms with van der Waals surface area (Å²) in [6, 6.07) is 11.4. The summed E-state index contributed by atoms with van der Waals surface area (Å²) in [5.41, 5.74) is 1.93. The van der Waals surface area contributed by atoms with Gasteiger partial charge in [-0.1, -0.05) is 78.0 Å². The van der Waals surface area contributed by atoms with Crippen LogP contribution in [0.2, 0.25) is 0 Å². The number of rotatable bonds is 6. The van der Waals surface area contributed by atoms with Crippen LogP contribution in [0.15, 0.2) is 43.0 Å². The minimum absolute atomic E-state index is 0.237. The van der Waals surface area contributed by atoms with Gasteiger partial charge in [0, 0.05) is 12.6 Å². The van der Waals surface area contributed by atoms with Gasteiger partial charge in [0.1, 0.15) is 0 Å². The summed E-state index contributed by atoms with van der Waals surface area (Å²) < 4.78 is 0. The molecule has 2 atom stereocenters. The van der Waals surface area contributed by atoms with Gasteiger partial charge in [0.15, 0.2) is 0 Å². The Morgan fingerprint density at radius 1 is 1.00 bits per heavy atom. The van der Waals surface area contributed by atoms with Crippen LogP contribution in [-0.2, 0) is 0 Å². The van der Waals surface area contributed by atoms with Crippen LogP contribution in [0.25, 0.3) is 0 Å². The molecule has 0 radical (unpaired) electrons. The molecule has 1 N–H and O–H groups in total. The van der Waals surface area contributed by atoms with E-state index in [2.05, 4.69) is 83.8 Å². The molecule has 1 heteroatoms. The molecule has 1 rings (SSSR count). The van der Waals surface area contributed by atoms with Gasteiger partial charge in [-0.15, -0.1) is 6.58 Å². The molecule has 0 spiro atoms. The molecule has 1 aromatic carbocycles. The molecule has 0 aromatic heterocycles. The van der Waals surface area contributed by atoms with E-state index in [1.807, 2.05) is 6.08 Å². The second-order valence-corrected chi connectivity index (χ2v) is 8.18. The SMILES string of the molecule is C=CCNC(CC(c1ccccc1)C(C)(C)C)C(C)(C)C. The van der Waals surface area contributed by atoms with Gasteiger partial charge in [0.05, 0.1) is 0 Å². The van der Waals surface area contributed by atoms with Gasteiger partial charge < -0.3 is 5.32 Å². The van der Waals surface area contributed by atoms with Crippen LogP contribution in [0.5, 0.6) is 0 Å². The summed E-state index contributed by atoms with van der Waals surface area (Å²) in [4.78, 5) is 0. The third-order valence-corrected chi connectivity index (χ3v) is 4.27. The fourth-order valence-electron chi connectivity index (χ4n) is 2.88. The predicted octanol–water partition coefficient (Wildman–Crippen LogP) is 5.40. The van der Waals surface area contributed by atoms with E-state index in [1.165, 1.54) is 5.56 Å². The van der Waals surface area contributed by atoms with Crippen LogP contribution < -0.4 is 5.32 Å². The first-order valence-corrected chi connectivity index (χ1v) is 8.05. The Morgan fingerprint density at radius 3 is 2.00 bits per heavy atom. The van der Waals surface area contributed by atoms with Gasteiger partial charge in [0.25, 0.3) is 0 Å². The smallest absolute Gasteiger partial charge is 0.0135 e. The van der Waals surface area contributed by atoms with Crippen molar-refractivity contribution >= 4 is 0 Å². The zero-order chi connectivity index (χ0) is 16.1. The minimum atomic E-state index is 0.237. The van der Waals surface area contributed by atoms with Crippen molar-refractivity contribution in [2.24, 2.45) is 10.8 Å². The largest absolute Gasteiger partial charge is 0.310 e. The first-order chi connectivity index (χ1) is 9.66. The second kappa shape index (κ2) is 7.26. The maximum atomic E-state index is 3.84. The molecule has 0 heterocycles. The van der Waals surface area contributed by atoms with Crippen molar-refractivity contribution in [2.45, 2.75) is 59.9 Å². The topological polar surface area (TPSA) is 12.0 Å². The Kier molecular flexibility index (Phi) is 6.22. The van der Waals surface area contributed by atoms with Gasteiger partial charge in [-0.25, -0.2) is 0 Å². The van der Waals surface area contributed by atoms with E-state index in [1.54, 1.807) is 0 Å². The Bertz CT molecular complexity index is 419. The molecule has 21 heavy (non-hydrogen) atoms. The average Bonchev–Trinajstić information content (AvgIpc) is 2.37. The van der Waals surface area contributed by atoms with E-state index >= 15 is 0 Å². The molecule has 0 bridgehead atoms. The summed E-state index contributed by atoms with van der Waals surface area (Å²) in [5.74, 6) is 0.542. The fraction of sp³-hybridized carbons (Fsp3) is 0.600. The van der Waals surface area contributed by atoms with Crippen LogP contribution in [0, 0.1) is 10.8 Å². The summed E-state index contributed by atoms with van der Waals surface area (Å²) in [6.07, 6.45) is 3.10. The van der Waals surface area contributed by atoms with E-state index in [4.69, 9.17) is 0 Å². The highest BCUT2D eigenvalue weighted by molar-refractivity contribution is 5.22. The first-order valence-electron chi connectivity index (χ1n) is 8.05. The lowest BCUT2D eigenvalue weighted by Gasteiger charge is -2.39. The highest BCUT2D eigenvalue weighted by Gasteiger charge is 2.33. The summed E-state index contributed by atoms with van der Waals surface area (Å²) >= 11 is 0. The average molecular weight is 287 g/mol. The van der Waals surface area contributed by atoms with Crippen molar-refractivity contribution in [1.82, 2.24) is 5.32 Å². The highest BCUT2D eigenvalue weighted by atomic mass is 14.9. The molecule has 0 saturated carbocycles. The lowest BCUT2D eigenvalue weighted by atomic mass is 9.70. The summed E-state index contributed by atoms with van der Waals surface area (Å²) in [7, 11) is 0. The van der Waals surface area contributed by atoms with Crippen LogP contribution in [0.3, 0.4) is 0 Å². The van der Waals surface area contributed by atoms with Gasteiger partial charge in [-0.2, -0.15) is 0 Å². The maximum absolute atomic E-state index is 3.84. The minimum Gasteiger partial charge on any atom is -0.310 e. The Hall–Kier alpha value is -1.08. The lowest BCUT2D eigenvalue weighted by Crippen LogP contribution is -2.42. The Balaban J connectivity index is 3.01. The molecule has 1 aromatic rings. The Labute approximate surface area is 131 Å². The molecule has 0 aliphatic carbocycles. The summed E-state index contributed by atoms with van der Waals surface area (Å²) in [6.45, 7) is 18.7. The standard InChI is InChI=1S/C20H33N/c1-8-14-21-18(20(5,6)7)15-17(19(2,3)4)16-12-10-9-11-13-16/h8-13,17-18,21H,1,14-15H2,2-7H3. The van der Waals surface area contributed by atoms with Gasteiger partial charge >= 0.3 is 0 Å². The fourth-order valence-corrected chi connectivity index (χ4v) is 2.88. The number of hydrogen-bond donors (Lipinski definition) is 1. The summed E-state index contributed by atoms with van der Waals surface area (Å²) in [5, 5.41) is 3.66. The number of nitrogens with one attached hydrogen (secondary N) is 1. The molecule has 0 aliphatic rings. The lowest BCUT2D eigenvalue weighted by molar-refractivity contribution is 0.202. The first kappa shape index (κ1) is 18.0. The third kappa shape index (κ3) is 5.67. The van der Waals surface area contributed by atoms with Crippen molar-refractivity contribution in [3.8, 4) is 0 Å². The molecular formula is C20H33N. The van der Waals surface area contributed by atoms with Gasteiger partial charge in [-0.05, 0) is 28.7 Å². The van der Waals surface area contributed by atoms with Crippen molar-refractivity contribution in [2.75, 3.05) is 6.54 Å². The second-order valence-electron chi connectivity index (χ2n) is 8.18. The van der Waals surface area contributed by atoms with E-state index < -0.39 is 0 Å². The van der Waals surface area contributed by atoms with Gasteiger partial charge in [-0.3, -0.25) is 0 Å². The predicted molar refractivity (Wildman–Crippen MR) is 94.7 cm³/mol. The molecule has 118 valence electrons. The molecule has 1 nitrogen and oxygen atoms in total. The van der Waals surface area contributed by atoms with Crippen molar-refractivity contribution in [3.05, 3.63) is 48.6 Å². The van der Waals surface area contributed by atoms with Crippen LogP contribution in [0.1, 0.15) is 59.4 Å². The number of hydrogen-bond acceptors (Lipinski definition) is 1. The van der Waals surface area contributed by atoms with Crippen LogP contribution >= 0.6 is 0 Å². The van der Waals surface area contributed by atoms with Gasteiger partial charge in [0.2, 0.25) is 0 Å². The molecule has 0 aliphatic heterocycles. The van der Waals surface area contributed by atoms with Crippen molar-refractivity contribution in [1.29, 1.82) is 0 Å². The van der Waals surface area contributed by atoms with E-state index in [9.17, 15) is 0 Å². The zero-order valence-corrected chi connectivity index (χ0v) is 14.7.